The summed E-state index contributed by atoms with van der Waals surface area (Å²) in [4.78, 5) is 4.57. The van der Waals surface area contributed by atoms with E-state index >= 15 is 0 Å². The Balaban J connectivity index is 2.04. The van der Waals surface area contributed by atoms with Gasteiger partial charge in [-0.15, -0.1) is 22.9 Å². The molecule has 4 heteroatoms. The van der Waals surface area contributed by atoms with Crippen molar-refractivity contribution in [3.63, 3.8) is 0 Å². The van der Waals surface area contributed by atoms with Crippen LogP contribution in [0.4, 0.5) is 0 Å². The molecule has 1 aromatic carbocycles. The van der Waals surface area contributed by atoms with Crippen LogP contribution < -0.4 is 5.32 Å². The Morgan fingerprint density at radius 2 is 2.25 bits per heavy atom. The summed E-state index contributed by atoms with van der Waals surface area (Å²) >= 11 is 7.58. The first-order valence-corrected chi connectivity index (χ1v) is 6.82. The van der Waals surface area contributed by atoms with Gasteiger partial charge in [0, 0.05) is 18.5 Å². The van der Waals surface area contributed by atoms with E-state index in [1.165, 1.54) is 4.70 Å². The van der Waals surface area contributed by atoms with Crippen molar-refractivity contribution in [3.05, 3.63) is 29.3 Å². The van der Waals surface area contributed by atoms with Crippen molar-refractivity contribution in [2.45, 2.75) is 25.9 Å². The Hall–Kier alpha value is -0.640. The first-order chi connectivity index (χ1) is 7.83. The summed E-state index contributed by atoms with van der Waals surface area (Å²) in [5, 5.41) is 4.54. The smallest absolute Gasteiger partial charge is 0.108 e. The molecule has 0 aliphatic heterocycles. The number of fused-ring (bicyclic) bond motifs is 1. The summed E-state index contributed by atoms with van der Waals surface area (Å²) in [6.07, 6.45) is 1.05. The van der Waals surface area contributed by atoms with Crippen molar-refractivity contribution in [2.75, 3.05) is 5.88 Å². The second-order valence-corrected chi connectivity index (χ2v) is 5.14. The van der Waals surface area contributed by atoms with Gasteiger partial charge in [-0.05, 0) is 18.6 Å². The fourth-order valence-corrected chi connectivity index (χ4v) is 2.78. The molecule has 0 aliphatic carbocycles. The molecule has 0 saturated heterocycles. The largest absolute Gasteiger partial charge is 0.306 e. The molecule has 0 radical (unpaired) electrons. The normalized spacial score (nSPS) is 13.1. The molecule has 16 heavy (non-hydrogen) atoms. The van der Waals surface area contributed by atoms with Crippen LogP contribution in [0.1, 0.15) is 18.4 Å². The maximum Gasteiger partial charge on any atom is 0.108 e. The summed E-state index contributed by atoms with van der Waals surface area (Å²) in [6.45, 7) is 2.95. The highest BCUT2D eigenvalue weighted by atomic mass is 35.5. The number of rotatable bonds is 5. The maximum absolute atomic E-state index is 5.83. The van der Waals surface area contributed by atoms with E-state index in [1.807, 2.05) is 18.2 Å². The second-order valence-electron chi connectivity index (χ2n) is 3.72. The summed E-state index contributed by atoms with van der Waals surface area (Å²) in [5.74, 6) is 0.654. The predicted molar refractivity (Wildman–Crippen MR) is 71.3 cm³/mol. The van der Waals surface area contributed by atoms with Gasteiger partial charge in [0.2, 0.25) is 0 Å². The molecule has 1 unspecified atom stereocenters. The quantitative estimate of drug-likeness (QED) is 0.828. The number of hydrogen-bond donors (Lipinski definition) is 1. The van der Waals surface area contributed by atoms with Gasteiger partial charge >= 0.3 is 0 Å². The number of nitrogens with one attached hydrogen (secondary N) is 1. The van der Waals surface area contributed by atoms with Crippen LogP contribution >= 0.6 is 22.9 Å². The molecular formula is C12H15ClN2S. The Morgan fingerprint density at radius 3 is 2.94 bits per heavy atom. The van der Waals surface area contributed by atoms with E-state index in [4.69, 9.17) is 11.6 Å². The zero-order valence-electron chi connectivity index (χ0n) is 9.24. The summed E-state index contributed by atoms with van der Waals surface area (Å²) in [5.41, 5.74) is 1.09. The molecule has 2 aromatic rings. The Kier molecular flexibility index (Phi) is 4.16. The van der Waals surface area contributed by atoms with E-state index in [9.17, 15) is 0 Å². The van der Waals surface area contributed by atoms with Crippen molar-refractivity contribution in [2.24, 2.45) is 0 Å². The Bertz CT molecular complexity index is 418. The van der Waals surface area contributed by atoms with Crippen LogP contribution in [0.15, 0.2) is 24.3 Å². The number of alkyl halides is 1. The molecule has 86 valence electrons. The number of thiazole rings is 1. The van der Waals surface area contributed by atoms with Gasteiger partial charge in [-0.3, -0.25) is 0 Å². The van der Waals surface area contributed by atoms with Gasteiger partial charge in [0.25, 0.3) is 0 Å². The van der Waals surface area contributed by atoms with Gasteiger partial charge in [0.1, 0.15) is 5.01 Å². The average Bonchev–Trinajstić information content (AvgIpc) is 2.73. The lowest BCUT2D eigenvalue weighted by molar-refractivity contribution is 0.538. The molecule has 0 bridgehead atoms. The highest BCUT2D eigenvalue weighted by molar-refractivity contribution is 7.18. The van der Waals surface area contributed by atoms with Crippen LogP contribution in [0.3, 0.4) is 0 Å². The second kappa shape index (κ2) is 5.62. The van der Waals surface area contributed by atoms with E-state index in [2.05, 4.69) is 23.3 Å². The van der Waals surface area contributed by atoms with Crippen LogP contribution in [-0.2, 0) is 6.54 Å². The topological polar surface area (TPSA) is 24.9 Å². The van der Waals surface area contributed by atoms with Crippen LogP contribution in [0.5, 0.6) is 0 Å². The van der Waals surface area contributed by atoms with E-state index < -0.39 is 0 Å². The summed E-state index contributed by atoms with van der Waals surface area (Å²) in [6, 6.07) is 8.61. The van der Waals surface area contributed by atoms with Crippen LogP contribution in [0, 0.1) is 0 Å². The molecule has 1 atom stereocenters. The van der Waals surface area contributed by atoms with E-state index in [1.54, 1.807) is 11.3 Å². The van der Waals surface area contributed by atoms with Crippen LogP contribution in [0.25, 0.3) is 10.2 Å². The molecule has 1 heterocycles. The fourth-order valence-electron chi connectivity index (χ4n) is 1.54. The standard InChI is InChI=1S/C12H15ClN2S/c1-2-9(7-13)14-8-12-15-10-5-3-4-6-11(10)16-12/h3-6,9,14H,2,7-8H2,1H3. The third-order valence-electron chi connectivity index (χ3n) is 2.56. The van der Waals surface area contributed by atoms with Gasteiger partial charge in [-0.2, -0.15) is 0 Å². The molecule has 2 nitrogen and oxygen atoms in total. The zero-order chi connectivity index (χ0) is 11.4. The maximum atomic E-state index is 5.83. The number of halogens is 1. The highest BCUT2D eigenvalue weighted by Gasteiger charge is 2.06. The number of para-hydroxylation sites is 1. The number of hydrogen-bond acceptors (Lipinski definition) is 3. The highest BCUT2D eigenvalue weighted by Crippen LogP contribution is 2.21. The summed E-state index contributed by atoms with van der Waals surface area (Å²) < 4.78 is 1.25. The van der Waals surface area contributed by atoms with Crippen molar-refractivity contribution < 1.29 is 0 Å². The Morgan fingerprint density at radius 1 is 1.44 bits per heavy atom. The van der Waals surface area contributed by atoms with Crippen molar-refractivity contribution in [3.8, 4) is 0 Å². The van der Waals surface area contributed by atoms with Gasteiger partial charge in [-0.1, -0.05) is 19.1 Å². The zero-order valence-corrected chi connectivity index (χ0v) is 10.8. The first kappa shape index (κ1) is 11.8. The van der Waals surface area contributed by atoms with E-state index in [0.717, 1.165) is 23.5 Å². The van der Waals surface area contributed by atoms with E-state index in [-0.39, 0.29) is 0 Å². The molecule has 0 aliphatic rings. The van der Waals surface area contributed by atoms with Crippen LogP contribution in [-0.4, -0.2) is 16.9 Å². The number of benzene rings is 1. The molecule has 0 saturated carbocycles. The molecule has 2 rings (SSSR count). The molecule has 1 aromatic heterocycles. The van der Waals surface area contributed by atoms with Gasteiger partial charge in [0.05, 0.1) is 10.2 Å². The minimum absolute atomic E-state index is 0.383. The van der Waals surface area contributed by atoms with Gasteiger partial charge in [0.15, 0.2) is 0 Å². The third kappa shape index (κ3) is 2.73. The molecule has 0 spiro atoms. The van der Waals surface area contributed by atoms with E-state index in [0.29, 0.717) is 11.9 Å². The molecule has 0 amide bonds. The lowest BCUT2D eigenvalue weighted by Crippen LogP contribution is -2.29. The minimum Gasteiger partial charge on any atom is -0.306 e. The molecule has 0 fully saturated rings. The minimum atomic E-state index is 0.383. The molecule has 1 N–H and O–H groups in total. The predicted octanol–water partition coefficient (Wildman–Crippen LogP) is 3.40. The average molecular weight is 255 g/mol. The van der Waals surface area contributed by atoms with Gasteiger partial charge < -0.3 is 5.32 Å². The fraction of sp³-hybridized carbons (Fsp3) is 0.417. The lowest BCUT2D eigenvalue weighted by Gasteiger charge is -2.11. The van der Waals surface area contributed by atoms with Crippen molar-refractivity contribution >= 4 is 33.2 Å². The first-order valence-electron chi connectivity index (χ1n) is 5.47. The molecular weight excluding hydrogens is 240 g/mol. The SMILES string of the molecule is CCC(CCl)NCc1nc2ccccc2s1. The Labute approximate surface area is 105 Å². The van der Waals surface area contributed by atoms with Gasteiger partial charge in [-0.25, -0.2) is 4.98 Å². The summed E-state index contributed by atoms with van der Waals surface area (Å²) in [7, 11) is 0. The third-order valence-corrected chi connectivity index (χ3v) is 3.97. The van der Waals surface area contributed by atoms with Crippen molar-refractivity contribution in [1.82, 2.24) is 10.3 Å². The number of nitrogens with zero attached hydrogens (tertiary/aromatic N) is 1. The lowest BCUT2D eigenvalue weighted by atomic mass is 10.2. The number of aromatic nitrogens is 1. The van der Waals surface area contributed by atoms with Crippen LogP contribution in [0.2, 0.25) is 0 Å². The monoisotopic (exact) mass is 254 g/mol. The van der Waals surface area contributed by atoms with Crippen molar-refractivity contribution in [1.29, 1.82) is 0 Å².